The van der Waals surface area contributed by atoms with Gasteiger partial charge in [-0.2, -0.15) is 5.10 Å². The minimum Gasteiger partial charge on any atom is -0.461 e. The van der Waals surface area contributed by atoms with Crippen molar-refractivity contribution in [2.75, 3.05) is 6.61 Å². The number of carbonyl (C=O) groups is 1. The first-order chi connectivity index (χ1) is 17.1. The van der Waals surface area contributed by atoms with E-state index in [0.29, 0.717) is 12.3 Å². The Labute approximate surface area is 205 Å². The van der Waals surface area contributed by atoms with E-state index < -0.39 is 11.5 Å². The maximum atomic E-state index is 13.2. The van der Waals surface area contributed by atoms with E-state index in [2.05, 4.69) is 36.4 Å². The molecule has 0 atom stereocenters. The summed E-state index contributed by atoms with van der Waals surface area (Å²) in [6, 6.07) is 38.9. The molecule has 4 aromatic carbocycles. The predicted molar refractivity (Wildman–Crippen MR) is 139 cm³/mol. The maximum absolute atomic E-state index is 13.2. The van der Waals surface area contributed by atoms with Crippen LogP contribution in [0.15, 0.2) is 115 Å². The van der Waals surface area contributed by atoms with Crippen LogP contribution in [-0.2, 0) is 10.3 Å². The Bertz CT molecular complexity index is 1330. The number of ether oxygens (including phenoxy) is 1. The molecule has 4 nitrogen and oxygen atoms in total. The van der Waals surface area contributed by atoms with Crippen LogP contribution >= 0.6 is 0 Å². The Morgan fingerprint density at radius 2 is 1.20 bits per heavy atom. The van der Waals surface area contributed by atoms with Crippen LogP contribution in [0.4, 0.5) is 0 Å². The molecule has 5 aromatic rings. The van der Waals surface area contributed by atoms with Gasteiger partial charge in [-0.1, -0.05) is 123 Å². The molecule has 5 rings (SSSR count). The van der Waals surface area contributed by atoms with E-state index in [4.69, 9.17) is 9.84 Å². The predicted octanol–water partition coefficient (Wildman–Crippen LogP) is 6.69. The molecular weight excluding hydrogens is 432 g/mol. The second-order valence-electron chi connectivity index (χ2n) is 9.08. The minimum atomic E-state index is -0.806. The van der Waals surface area contributed by atoms with Crippen LogP contribution in [0.2, 0.25) is 0 Å². The molecule has 0 aliphatic heterocycles. The first-order valence-corrected chi connectivity index (χ1v) is 11.9. The molecule has 35 heavy (non-hydrogen) atoms. The molecule has 0 spiro atoms. The van der Waals surface area contributed by atoms with Crippen molar-refractivity contribution in [3.05, 3.63) is 138 Å². The van der Waals surface area contributed by atoms with Crippen molar-refractivity contribution in [1.82, 2.24) is 9.78 Å². The van der Waals surface area contributed by atoms with E-state index in [9.17, 15) is 4.79 Å². The standard InChI is InChI=1S/C31H28N2O2/c1-23(2)22-35-30(34)29-27-20-12-13-21-28(27)33(32-29)31(24-14-6-3-7-15-24,25-16-8-4-9-17-25)26-18-10-5-11-19-26/h3-21,23H,22H2,1-2H3. The van der Waals surface area contributed by atoms with Crippen molar-refractivity contribution >= 4 is 16.9 Å². The number of fused-ring (bicyclic) bond motifs is 1. The first-order valence-electron chi connectivity index (χ1n) is 11.9. The van der Waals surface area contributed by atoms with E-state index in [1.807, 2.05) is 97.4 Å². The molecule has 1 aromatic heterocycles. The Balaban J connectivity index is 1.87. The summed E-state index contributed by atoms with van der Waals surface area (Å²) in [6.07, 6.45) is 0. The quantitative estimate of drug-likeness (QED) is 0.201. The summed E-state index contributed by atoms with van der Waals surface area (Å²) in [5.74, 6) is -0.166. The minimum absolute atomic E-state index is 0.240. The lowest BCUT2D eigenvalue weighted by atomic mass is 9.77. The Morgan fingerprint density at radius 3 is 1.69 bits per heavy atom. The molecule has 0 fully saturated rings. The van der Waals surface area contributed by atoms with Crippen LogP contribution in [-0.4, -0.2) is 22.4 Å². The lowest BCUT2D eigenvalue weighted by Gasteiger charge is -2.37. The lowest BCUT2D eigenvalue weighted by molar-refractivity contribution is 0.0452. The molecule has 0 bridgehead atoms. The Hall–Kier alpha value is -4.18. The highest BCUT2D eigenvalue weighted by atomic mass is 16.5. The number of aromatic nitrogens is 2. The number of rotatable bonds is 7. The summed E-state index contributed by atoms with van der Waals surface area (Å²) < 4.78 is 7.62. The highest BCUT2D eigenvalue weighted by Gasteiger charge is 2.41. The molecule has 174 valence electrons. The third-order valence-corrected chi connectivity index (χ3v) is 6.22. The van der Waals surface area contributed by atoms with Crippen molar-refractivity contribution in [3.63, 3.8) is 0 Å². The molecule has 0 unspecified atom stereocenters. The van der Waals surface area contributed by atoms with Crippen LogP contribution in [0.25, 0.3) is 10.9 Å². The second-order valence-corrected chi connectivity index (χ2v) is 9.08. The maximum Gasteiger partial charge on any atom is 0.359 e. The largest absolute Gasteiger partial charge is 0.461 e. The Kier molecular flexibility index (Phi) is 6.19. The van der Waals surface area contributed by atoms with E-state index in [-0.39, 0.29) is 5.92 Å². The molecule has 0 saturated heterocycles. The van der Waals surface area contributed by atoms with Gasteiger partial charge in [-0.15, -0.1) is 0 Å². The molecule has 1 heterocycles. The van der Waals surface area contributed by atoms with Gasteiger partial charge in [-0.25, -0.2) is 9.48 Å². The van der Waals surface area contributed by atoms with Gasteiger partial charge in [-0.05, 0) is 28.7 Å². The monoisotopic (exact) mass is 460 g/mol. The van der Waals surface area contributed by atoms with E-state index in [1.165, 1.54) is 0 Å². The van der Waals surface area contributed by atoms with Crippen molar-refractivity contribution in [1.29, 1.82) is 0 Å². The van der Waals surface area contributed by atoms with Gasteiger partial charge in [0.1, 0.15) is 5.54 Å². The van der Waals surface area contributed by atoms with Gasteiger partial charge in [0, 0.05) is 5.39 Å². The zero-order valence-electron chi connectivity index (χ0n) is 20.0. The number of esters is 1. The fourth-order valence-corrected chi connectivity index (χ4v) is 4.69. The smallest absolute Gasteiger partial charge is 0.359 e. The summed E-state index contributed by atoms with van der Waals surface area (Å²) in [5, 5.41) is 5.78. The summed E-state index contributed by atoms with van der Waals surface area (Å²) in [5.41, 5.74) is 3.53. The van der Waals surface area contributed by atoms with Crippen LogP contribution in [0.3, 0.4) is 0 Å². The molecule has 0 N–H and O–H groups in total. The van der Waals surface area contributed by atoms with Gasteiger partial charge in [0.05, 0.1) is 12.1 Å². The van der Waals surface area contributed by atoms with Crippen molar-refractivity contribution in [3.8, 4) is 0 Å². The van der Waals surface area contributed by atoms with Crippen LogP contribution in [0, 0.1) is 5.92 Å². The second kappa shape index (κ2) is 9.59. The molecule has 0 amide bonds. The summed E-state index contributed by atoms with van der Waals surface area (Å²) in [6.45, 7) is 4.39. The van der Waals surface area contributed by atoms with Crippen LogP contribution < -0.4 is 0 Å². The summed E-state index contributed by atoms with van der Waals surface area (Å²) >= 11 is 0. The van der Waals surface area contributed by atoms with Gasteiger partial charge < -0.3 is 4.74 Å². The molecule has 0 radical (unpaired) electrons. The lowest BCUT2D eigenvalue weighted by Crippen LogP contribution is -2.38. The van der Waals surface area contributed by atoms with Crippen LogP contribution in [0.5, 0.6) is 0 Å². The number of hydrogen-bond acceptors (Lipinski definition) is 3. The van der Waals surface area contributed by atoms with Gasteiger partial charge >= 0.3 is 5.97 Å². The van der Waals surface area contributed by atoms with Gasteiger partial charge in [0.25, 0.3) is 0 Å². The normalized spacial score (nSPS) is 11.6. The SMILES string of the molecule is CC(C)COC(=O)c1nn(C(c2ccccc2)(c2ccccc2)c2ccccc2)c2ccccc12. The number of hydrogen-bond donors (Lipinski definition) is 0. The Morgan fingerprint density at radius 1 is 0.743 bits per heavy atom. The fraction of sp³-hybridized carbons (Fsp3) is 0.161. The fourth-order valence-electron chi connectivity index (χ4n) is 4.69. The number of nitrogens with zero attached hydrogens (tertiary/aromatic N) is 2. The summed E-state index contributed by atoms with van der Waals surface area (Å²) in [7, 11) is 0. The van der Waals surface area contributed by atoms with Crippen molar-refractivity contribution < 1.29 is 9.53 Å². The van der Waals surface area contributed by atoms with Crippen molar-refractivity contribution in [2.45, 2.75) is 19.4 Å². The average molecular weight is 461 g/mol. The first kappa shape index (κ1) is 22.6. The molecule has 0 aliphatic carbocycles. The van der Waals surface area contributed by atoms with E-state index >= 15 is 0 Å². The average Bonchev–Trinajstić information content (AvgIpc) is 3.30. The topological polar surface area (TPSA) is 44.1 Å². The molecule has 0 saturated carbocycles. The van der Waals surface area contributed by atoms with Gasteiger partial charge in [0.2, 0.25) is 0 Å². The summed E-state index contributed by atoms with van der Waals surface area (Å²) in [4.78, 5) is 13.2. The number of carbonyl (C=O) groups excluding carboxylic acids is 1. The van der Waals surface area contributed by atoms with Crippen molar-refractivity contribution in [2.24, 2.45) is 5.92 Å². The highest BCUT2D eigenvalue weighted by Crippen LogP contribution is 2.42. The van der Waals surface area contributed by atoms with E-state index in [1.54, 1.807) is 0 Å². The number of benzene rings is 4. The highest BCUT2D eigenvalue weighted by molar-refractivity contribution is 6.02. The molecular formula is C31H28N2O2. The number of para-hydroxylation sites is 1. The van der Waals surface area contributed by atoms with Crippen LogP contribution in [0.1, 0.15) is 41.0 Å². The zero-order valence-corrected chi connectivity index (χ0v) is 20.0. The van der Waals surface area contributed by atoms with Gasteiger partial charge in [-0.3, -0.25) is 0 Å². The third kappa shape index (κ3) is 4.01. The molecule has 4 heteroatoms. The van der Waals surface area contributed by atoms with E-state index in [0.717, 1.165) is 27.6 Å². The zero-order chi connectivity index (χ0) is 24.3. The molecule has 0 aliphatic rings. The third-order valence-electron chi connectivity index (χ3n) is 6.22. The van der Waals surface area contributed by atoms with Gasteiger partial charge in [0.15, 0.2) is 5.69 Å².